The number of carbonyl (C=O) groups excluding carboxylic acids is 1. The molecule has 1 saturated heterocycles. The molecule has 0 spiro atoms. The van der Waals surface area contributed by atoms with E-state index in [4.69, 9.17) is 4.74 Å². The number of rotatable bonds is 8. The minimum Gasteiger partial charge on any atom is -0.368 e. The summed E-state index contributed by atoms with van der Waals surface area (Å²) >= 11 is 0. The summed E-state index contributed by atoms with van der Waals surface area (Å²) in [4.78, 5) is 12.0. The van der Waals surface area contributed by atoms with Crippen LogP contribution in [0.25, 0.3) is 0 Å². The van der Waals surface area contributed by atoms with Crippen molar-refractivity contribution < 1.29 is 17.9 Å². The molecule has 6 nitrogen and oxygen atoms in total. The van der Waals surface area contributed by atoms with Crippen LogP contribution in [0.2, 0.25) is 0 Å². The van der Waals surface area contributed by atoms with Crippen molar-refractivity contribution in [2.45, 2.75) is 50.2 Å². The quantitative estimate of drug-likeness (QED) is 0.702. The Kier molecular flexibility index (Phi) is 5.46. The maximum Gasteiger partial charge on any atom is 0.218 e. The summed E-state index contributed by atoms with van der Waals surface area (Å²) in [6.45, 7) is 4.45. The van der Waals surface area contributed by atoms with Crippen LogP contribution in [0.1, 0.15) is 36.5 Å². The lowest BCUT2D eigenvalue weighted by Crippen LogP contribution is -2.77. The van der Waals surface area contributed by atoms with E-state index in [2.05, 4.69) is 11.4 Å². The van der Waals surface area contributed by atoms with E-state index in [0.29, 0.717) is 6.61 Å². The third-order valence-electron chi connectivity index (χ3n) is 6.07. The third kappa shape index (κ3) is 4.15. The molecule has 2 fully saturated rings. The standard InChI is InChI=1S/C23H28N2O4S/c1-18-7-6-10-21(13-18)14-29-23(11-12-23)22(24-19(2)26)16-25(17-22)30(27,28)15-20-8-4-3-5-9-20/h3-10,13H,11-12,14-17H2,1-2H3,(H,24,26). The van der Waals surface area contributed by atoms with Crippen molar-refractivity contribution in [2.24, 2.45) is 0 Å². The Morgan fingerprint density at radius 1 is 1.07 bits per heavy atom. The summed E-state index contributed by atoms with van der Waals surface area (Å²) in [5.74, 6) is -0.207. The molecule has 1 saturated carbocycles. The van der Waals surface area contributed by atoms with Gasteiger partial charge in [0.25, 0.3) is 0 Å². The molecule has 0 bridgehead atoms. The molecule has 1 amide bonds. The van der Waals surface area contributed by atoms with Crippen molar-refractivity contribution in [3.05, 3.63) is 71.3 Å². The SMILES string of the molecule is CC(=O)NC1(C2(OCc3cccc(C)c3)CC2)CN(S(=O)(=O)Cc2ccccc2)C1. The van der Waals surface area contributed by atoms with E-state index in [0.717, 1.165) is 24.0 Å². The fourth-order valence-corrected chi connectivity index (χ4v) is 5.98. The fourth-order valence-electron chi connectivity index (χ4n) is 4.34. The minimum absolute atomic E-state index is 0.0405. The maximum atomic E-state index is 12.9. The van der Waals surface area contributed by atoms with Gasteiger partial charge in [0.2, 0.25) is 15.9 Å². The number of amides is 1. The lowest BCUT2D eigenvalue weighted by molar-refractivity contribution is -0.132. The second kappa shape index (κ2) is 7.80. The zero-order valence-corrected chi connectivity index (χ0v) is 18.2. The highest BCUT2D eigenvalue weighted by molar-refractivity contribution is 7.88. The minimum atomic E-state index is -3.46. The van der Waals surface area contributed by atoms with Gasteiger partial charge >= 0.3 is 0 Å². The average molecular weight is 429 g/mol. The van der Waals surface area contributed by atoms with Crippen LogP contribution >= 0.6 is 0 Å². The van der Waals surface area contributed by atoms with Crippen molar-refractivity contribution in [3.8, 4) is 0 Å². The Balaban J connectivity index is 1.47. The summed E-state index contributed by atoms with van der Waals surface area (Å²) in [7, 11) is -3.46. The van der Waals surface area contributed by atoms with E-state index in [1.54, 1.807) is 0 Å². The first-order valence-electron chi connectivity index (χ1n) is 10.2. The van der Waals surface area contributed by atoms with Gasteiger partial charge < -0.3 is 10.1 Å². The number of benzene rings is 2. The Labute approximate surface area is 178 Å². The third-order valence-corrected chi connectivity index (χ3v) is 7.81. The molecule has 30 heavy (non-hydrogen) atoms. The predicted octanol–water partition coefficient (Wildman–Crippen LogP) is 2.76. The molecule has 0 atom stereocenters. The molecule has 1 aliphatic heterocycles. The molecule has 1 heterocycles. The highest BCUT2D eigenvalue weighted by Gasteiger charge is 2.67. The number of nitrogens with zero attached hydrogens (tertiary/aromatic N) is 1. The number of sulfonamides is 1. The number of hydrogen-bond donors (Lipinski definition) is 1. The summed E-state index contributed by atoms with van der Waals surface area (Å²) in [6.07, 6.45) is 1.62. The van der Waals surface area contributed by atoms with Crippen LogP contribution in [0.3, 0.4) is 0 Å². The van der Waals surface area contributed by atoms with Crippen LogP contribution in [0, 0.1) is 6.92 Å². The van der Waals surface area contributed by atoms with Crippen molar-refractivity contribution in [1.82, 2.24) is 9.62 Å². The van der Waals surface area contributed by atoms with E-state index >= 15 is 0 Å². The molecule has 2 aromatic rings. The zero-order valence-electron chi connectivity index (χ0n) is 17.4. The number of aryl methyl sites for hydroxylation is 1. The summed E-state index contributed by atoms with van der Waals surface area (Å²) in [5, 5.41) is 3.04. The van der Waals surface area contributed by atoms with E-state index in [1.807, 2.05) is 55.5 Å². The Morgan fingerprint density at radius 2 is 1.73 bits per heavy atom. The molecular weight excluding hydrogens is 400 g/mol. The van der Waals surface area contributed by atoms with Crippen molar-refractivity contribution >= 4 is 15.9 Å². The summed E-state index contributed by atoms with van der Waals surface area (Å²) in [5.41, 5.74) is 1.81. The van der Waals surface area contributed by atoms with Gasteiger partial charge in [-0.3, -0.25) is 4.79 Å². The van der Waals surface area contributed by atoms with Gasteiger partial charge in [0, 0.05) is 20.0 Å². The topological polar surface area (TPSA) is 75.7 Å². The Bertz CT molecular complexity index is 1030. The van der Waals surface area contributed by atoms with Crippen LogP contribution in [0.5, 0.6) is 0 Å². The van der Waals surface area contributed by atoms with E-state index in [-0.39, 0.29) is 24.7 Å². The maximum absolute atomic E-state index is 12.9. The van der Waals surface area contributed by atoms with Gasteiger partial charge in [-0.1, -0.05) is 60.2 Å². The van der Waals surface area contributed by atoms with Crippen LogP contribution in [-0.4, -0.2) is 42.9 Å². The van der Waals surface area contributed by atoms with E-state index in [1.165, 1.54) is 16.8 Å². The molecule has 0 radical (unpaired) electrons. The fraction of sp³-hybridized carbons (Fsp3) is 0.435. The summed E-state index contributed by atoms with van der Waals surface area (Å²) in [6, 6.07) is 17.3. The molecule has 1 aliphatic carbocycles. The van der Waals surface area contributed by atoms with Gasteiger partial charge in [0.15, 0.2) is 0 Å². The van der Waals surface area contributed by atoms with Crippen molar-refractivity contribution in [3.63, 3.8) is 0 Å². The Morgan fingerprint density at radius 3 is 2.33 bits per heavy atom. The van der Waals surface area contributed by atoms with Crippen molar-refractivity contribution in [1.29, 1.82) is 0 Å². The van der Waals surface area contributed by atoms with Gasteiger partial charge in [-0.25, -0.2) is 8.42 Å². The lowest BCUT2D eigenvalue weighted by Gasteiger charge is -2.53. The van der Waals surface area contributed by atoms with Gasteiger partial charge in [-0.15, -0.1) is 0 Å². The lowest BCUT2D eigenvalue weighted by atomic mass is 9.83. The van der Waals surface area contributed by atoms with Crippen molar-refractivity contribution in [2.75, 3.05) is 13.1 Å². The number of carbonyl (C=O) groups is 1. The smallest absolute Gasteiger partial charge is 0.218 e. The normalized spacial score (nSPS) is 19.7. The van der Waals surface area contributed by atoms with E-state index < -0.39 is 21.2 Å². The van der Waals surface area contributed by atoms with Gasteiger partial charge in [0.05, 0.1) is 23.5 Å². The Hall–Kier alpha value is -2.22. The van der Waals surface area contributed by atoms with Gasteiger partial charge in [-0.05, 0) is 30.9 Å². The molecule has 2 aliphatic rings. The second-order valence-corrected chi connectivity index (χ2v) is 10.5. The molecule has 2 aromatic carbocycles. The first kappa shape index (κ1) is 21.0. The first-order chi connectivity index (χ1) is 14.2. The molecule has 0 unspecified atom stereocenters. The van der Waals surface area contributed by atoms with Gasteiger partial charge in [-0.2, -0.15) is 4.31 Å². The molecule has 4 rings (SSSR count). The zero-order chi connectivity index (χ0) is 21.4. The largest absolute Gasteiger partial charge is 0.368 e. The first-order valence-corrected chi connectivity index (χ1v) is 11.8. The molecular formula is C23H28N2O4S. The molecule has 7 heteroatoms. The molecule has 160 valence electrons. The molecule has 1 N–H and O–H groups in total. The van der Waals surface area contributed by atoms with Crippen LogP contribution in [0.15, 0.2) is 54.6 Å². The molecule has 0 aromatic heterocycles. The van der Waals surface area contributed by atoms with Crippen LogP contribution in [-0.2, 0) is 31.9 Å². The average Bonchev–Trinajstić information content (AvgIpc) is 3.44. The van der Waals surface area contributed by atoms with Gasteiger partial charge in [0.1, 0.15) is 0 Å². The number of hydrogen-bond acceptors (Lipinski definition) is 4. The van der Waals surface area contributed by atoms with Crippen LogP contribution in [0.4, 0.5) is 0 Å². The number of ether oxygens (including phenoxy) is 1. The monoisotopic (exact) mass is 428 g/mol. The van der Waals surface area contributed by atoms with E-state index in [9.17, 15) is 13.2 Å². The van der Waals surface area contributed by atoms with Crippen LogP contribution < -0.4 is 5.32 Å². The predicted molar refractivity (Wildman–Crippen MR) is 115 cm³/mol. The second-order valence-electron chi connectivity index (χ2n) is 8.55. The highest BCUT2D eigenvalue weighted by atomic mass is 32.2. The highest BCUT2D eigenvalue weighted by Crippen LogP contribution is 2.53. The number of nitrogens with one attached hydrogen (secondary N) is 1. The summed E-state index contributed by atoms with van der Waals surface area (Å²) < 4.78 is 33.6.